The fraction of sp³-hybridized carbons (Fsp3) is 0.111. The molecular weight excluding hydrogens is 140 g/mol. The average Bonchev–Trinajstić information content (AvgIpc) is 2.07. The predicted molar refractivity (Wildman–Crippen MR) is 42.5 cm³/mol. The second-order valence-electron chi connectivity index (χ2n) is 1.90. The molecule has 1 rings (SSSR count). The fourth-order valence-corrected chi connectivity index (χ4v) is 0.712. The maximum absolute atomic E-state index is 4.94. The van der Waals surface area contributed by atoms with Crippen LogP contribution in [0, 0.1) is 12.5 Å². The summed E-state index contributed by atoms with van der Waals surface area (Å²) in [7, 11) is 1.61. The van der Waals surface area contributed by atoms with Crippen molar-refractivity contribution in [1.82, 2.24) is 0 Å². The van der Waals surface area contributed by atoms with E-state index in [0.717, 1.165) is 5.75 Å². The molecule has 0 aromatic heterocycles. The molecule has 0 spiro atoms. The first-order valence-electron chi connectivity index (χ1n) is 3.13. The largest absolute Gasteiger partial charge is 0.497 e. The van der Waals surface area contributed by atoms with Crippen molar-refractivity contribution in [2.24, 2.45) is 0 Å². The first-order chi connectivity index (χ1) is 5.36. The summed E-state index contributed by atoms with van der Waals surface area (Å²) in [4.78, 5) is 0. The lowest BCUT2D eigenvalue weighted by Crippen LogP contribution is -1.83. The van der Waals surface area contributed by atoms with Gasteiger partial charge in [0, 0.05) is 0 Å². The van der Waals surface area contributed by atoms with Gasteiger partial charge in [0.25, 0.3) is 0 Å². The first-order valence-corrected chi connectivity index (χ1v) is 3.13. The summed E-state index contributed by atoms with van der Waals surface area (Å²) in [6.45, 7) is 0. The van der Waals surface area contributed by atoms with E-state index in [9.17, 15) is 0 Å². The van der Waals surface area contributed by atoms with Crippen LogP contribution in [0.2, 0.25) is 0 Å². The number of rotatable bonds is 2. The van der Waals surface area contributed by atoms with Crippen molar-refractivity contribution in [1.29, 1.82) is 0 Å². The van der Waals surface area contributed by atoms with Crippen LogP contribution in [0.15, 0.2) is 24.3 Å². The second-order valence-corrected chi connectivity index (χ2v) is 1.90. The number of terminal acetylenes is 1. The molecule has 2 heteroatoms. The van der Waals surface area contributed by atoms with Crippen molar-refractivity contribution in [2.45, 2.75) is 0 Å². The third kappa shape index (κ3) is 1.91. The molecule has 0 atom stereocenters. The van der Waals surface area contributed by atoms with Gasteiger partial charge in [-0.1, -0.05) is 6.42 Å². The third-order valence-corrected chi connectivity index (χ3v) is 1.24. The van der Waals surface area contributed by atoms with Gasteiger partial charge < -0.3 is 9.47 Å². The van der Waals surface area contributed by atoms with Gasteiger partial charge in [0.2, 0.25) is 0 Å². The van der Waals surface area contributed by atoms with Crippen LogP contribution in [-0.4, -0.2) is 7.11 Å². The molecule has 0 bridgehead atoms. The zero-order valence-electron chi connectivity index (χ0n) is 6.20. The van der Waals surface area contributed by atoms with Crippen LogP contribution in [0.3, 0.4) is 0 Å². The van der Waals surface area contributed by atoms with Crippen LogP contribution >= 0.6 is 0 Å². The average molecular weight is 148 g/mol. The van der Waals surface area contributed by atoms with Crippen LogP contribution in [-0.2, 0) is 0 Å². The van der Waals surface area contributed by atoms with E-state index in [-0.39, 0.29) is 0 Å². The Morgan fingerprint density at radius 3 is 2.18 bits per heavy atom. The zero-order valence-corrected chi connectivity index (χ0v) is 6.20. The Morgan fingerprint density at radius 2 is 1.73 bits per heavy atom. The van der Waals surface area contributed by atoms with E-state index >= 15 is 0 Å². The van der Waals surface area contributed by atoms with Crippen LogP contribution in [0.5, 0.6) is 11.5 Å². The molecule has 2 nitrogen and oxygen atoms in total. The summed E-state index contributed by atoms with van der Waals surface area (Å²) in [6, 6.07) is 7.07. The van der Waals surface area contributed by atoms with Gasteiger partial charge >= 0.3 is 0 Å². The minimum atomic E-state index is 0.647. The highest BCUT2D eigenvalue weighted by atomic mass is 16.5. The molecule has 1 aromatic carbocycles. The Labute approximate surface area is 65.8 Å². The molecule has 0 fully saturated rings. The maximum atomic E-state index is 4.94. The molecule has 0 aliphatic heterocycles. The minimum absolute atomic E-state index is 0.647. The van der Waals surface area contributed by atoms with Gasteiger partial charge in [-0.25, -0.2) is 0 Å². The Balaban J connectivity index is 2.76. The minimum Gasteiger partial charge on any atom is -0.497 e. The SMILES string of the molecule is C#COc1ccc(OC)cc1. The van der Waals surface area contributed by atoms with Crippen molar-refractivity contribution < 1.29 is 9.47 Å². The quantitative estimate of drug-likeness (QED) is 0.594. The molecule has 1 aromatic rings. The van der Waals surface area contributed by atoms with Crippen LogP contribution in [0.4, 0.5) is 0 Å². The standard InChI is InChI=1S/C9H8O2/c1-3-11-9-6-4-8(10-2)5-7-9/h1,4-7H,2H3. The topological polar surface area (TPSA) is 18.5 Å². The Kier molecular flexibility index (Phi) is 2.40. The number of benzene rings is 1. The van der Waals surface area contributed by atoms with Crippen LogP contribution in [0.25, 0.3) is 0 Å². The Bertz CT molecular complexity index is 256. The predicted octanol–water partition coefficient (Wildman–Crippen LogP) is 1.66. The van der Waals surface area contributed by atoms with E-state index in [1.807, 2.05) is 0 Å². The third-order valence-electron chi connectivity index (χ3n) is 1.24. The Morgan fingerprint density at radius 1 is 1.18 bits per heavy atom. The van der Waals surface area contributed by atoms with Crippen molar-refractivity contribution >= 4 is 0 Å². The number of hydrogen-bond donors (Lipinski definition) is 0. The molecule has 0 unspecified atom stereocenters. The summed E-state index contributed by atoms with van der Waals surface area (Å²) >= 11 is 0. The molecule has 0 saturated heterocycles. The molecule has 0 aliphatic carbocycles. The van der Waals surface area contributed by atoms with E-state index < -0.39 is 0 Å². The van der Waals surface area contributed by atoms with E-state index in [1.165, 1.54) is 0 Å². The zero-order chi connectivity index (χ0) is 8.10. The molecule has 0 amide bonds. The van der Waals surface area contributed by atoms with E-state index in [4.69, 9.17) is 15.9 Å². The molecule has 0 heterocycles. The number of hydrogen-bond acceptors (Lipinski definition) is 2. The highest BCUT2D eigenvalue weighted by Crippen LogP contribution is 2.16. The molecule has 0 aliphatic rings. The van der Waals surface area contributed by atoms with Gasteiger partial charge in [-0.05, 0) is 24.3 Å². The molecule has 11 heavy (non-hydrogen) atoms. The second kappa shape index (κ2) is 3.52. The lowest BCUT2D eigenvalue weighted by atomic mass is 10.3. The van der Waals surface area contributed by atoms with Crippen LogP contribution < -0.4 is 9.47 Å². The smallest absolute Gasteiger partial charge is 0.140 e. The fourth-order valence-electron chi connectivity index (χ4n) is 0.712. The number of methoxy groups -OCH3 is 1. The summed E-state index contributed by atoms with van der Waals surface area (Å²) in [5, 5.41) is 0. The van der Waals surface area contributed by atoms with Crippen molar-refractivity contribution in [3.05, 3.63) is 24.3 Å². The maximum Gasteiger partial charge on any atom is 0.140 e. The van der Waals surface area contributed by atoms with Crippen molar-refractivity contribution in [3.63, 3.8) is 0 Å². The summed E-state index contributed by atoms with van der Waals surface area (Å²) in [5.41, 5.74) is 0. The first kappa shape index (κ1) is 7.49. The molecule has 0 N–H and O–H groups in total. The monoisotopic (exact) mass is 148 g/mol. The number of ether oxygens (including phenoxy) is 2. The molecule has 0 radical (unpaired) electrons. The van der Waals surface area contributed by atoms with E-state index in [0.29, 0.717) is 5.75 Å². The summed E-state index contributed by atoms with van der Waals surface area (Å²) in [5.74, 6) is 1.43. The summed E-state index contributed by atoms with van der Waals surface area (Å²) < 4.78 is 9.72. The lowest BCUT2D eigenvalue weighted by molar-refractivity contribution is 0.413. The highest BCUT2D eigenvalue weighted by Gasteiger charge is 1.91. The molecule has 0 saturated carbocycles. The van der Waals surface area contributed by atoms with Gasteiger partial charge in [0.1, 0.15) is 17.6 Å². The van der Waals surface area contributed by atoms with Gasteiger partial charge in [-0.2, -0.15) is 0 Å². The Hall–Kier alpha value is -1.62. The van der Waals surface area contributed by atoms with E-state index in [2.05, 4.69) is 6.11 Å². The van der Waals surface area contributed by atoms with Gasteiger partial charge in [-0.3, -0.25) is 0 Å². The normalized spacial score (nSPS) is 8.36. The van der Waals surface area contributed by atoms with Crippen LogP contribution in [0.1, 0.15) is 0 Å². The lowest BCUT2D eigenvalue weighted by Gasteiger charge is -1.99. The van der Waals surface area contributed by atoms with E-state index in [1.54, 1.807) is 31.4 Å². The summed E-state index contributed by atoms with van der Waals surface area (Å²) in [6.07, 6.45) is 7.01. The molecular formula is C9H8O2. The van der Waals surface area contributed by atoms with Gasteiger partial charge in [-0.15, -0.1) is 0 Å². The highest BCUT2D eigenvalue weighted by molar-refractivity contribution is 5.31. The van der Waals surface area contributed by atoms with Crippen molar-refractivity contribution in [2.75, 3.05) is 7.11 Å². The molecule has 56 valence electrons. The van der Waals surface area contributed by atoms with Gasteiger partial charge in [0.05, 0.1) is 7.11 Å². The van der Waals surface area contributed by atoms with Gasteiger partial charge in [0.15, 0.2) is 0 Å². The van der Waals surface area contributed by atoms with Crippen molar-refractivity contribution in [3.8, 4) is 24.0 Å².